The van der Waals surface area contributed by atoms with Gasteiger partial charge in [-0.05, 0) is 61.0 Å². The van der Waals surface area contributed by atoms with E-state index in [1.54, 1.807) is 18.2 Å². The summed E-state index contributed by atoms with van der Waals surface area (Å²) in [5.41, 5.74) is 2.27. The molecule has 4 nitrogen and oxygen atoms in total. The molecule has 4 rings (SSSR count). The van der Waals surface area contributed by atoms with Gasteiger partial charge in [0.05, 0.1) is 5.69 Å². The van der Waals surface area contributed by atoms with E-state index >= 15 is 0 Å². The van der Waals surface area contributed by atoms with Gasteiger partial charge in [-0.25, -0.2) is 4.90 Å². The van der Waals surface area contributed by atoms with Gasteiger partial charge < -0.3 is 5.32 Å². The molecule has 3 aromatic rings. The first kappa shape index (κ1) is 20.7. The summed E-state index contributed by atoms with van der Waals surface area (Å²) in [4.78, 5) is 29.0. The Bertz CT molecular complexity index is 1160. The molecule has 0 radical (unpaired) electrons. The highest BCUT2D eigenvalue weighted by Gasteiger charge is 2.40. The SMILES string of the molecule is Cc1ccc(N2C(=O)C(Nc3ccc(Br)cc3)=C(Sc3ccccc3)C2=O)cc1Cl. The molecule has 0 aliphatic carbocycles. The van der Waals surface area contributed by atoms with E-state index in [1.807, 2.05) is 61.5 Å². The number of carbonyl (C=O) groups excluding carboxylic acids is 2. The molecule has 0 saturated carbocycles. The van der Waals surface area contributed by atoms with Gasteiger partial charge in [0, 0.05) is 20.1 Å². The van der Waals surface area contributed by atoms with E-state index in [9.17, 15) is 9.59 Å². The lowest BCUT2D eigenvalue weighted by Gasteiger charge is -2.16. The summed E-state index contributed by atoms with van der Waals surface area (Å²) in [6.07, 6.45) is 0. The summed E-state index contributed by atoms with van der Waals surface area (Å²) < 4.78 is 0.922. The molecule has 2 amide bonds. The minimum atomic E-state index is -0.415. The molecule has 150 valence electrons. The maximum absolute atomic E-state index is 13.3. The van der Waals surface area contributed by atoms with Gasteiger partial charge in [-0.1, -0.05) is 63.6 Å². The fraction of sp³-hybridized carbons (Fsp3) is 0.0435. The molecular weight excluding hydrogens is 484 g/mol. The maximum atomic E-state index is 13.3. The average Bonchev–Trinajstić information content (AvgIpc) is 2.96. The first-order chi connectivity index (χ1) is 14.4. The van der Waals surface area contributed by atoms with Crippen LogP contribution in [0.2, 0.25) is 5.02 Å². The van der Waals surface area contributed by atoms with Crippen molar-refractivity contribution in [3.8, 4) is 0 Å². The number of anilines is 2. The van der Waals surface area contributed by atoms with Gasteiger partial charge in [-0.15, -0.1) is 0 Å². The van der Waals surface area contributed by atoms with Crippen molar-refractivity contribution >= 4 is 62.5 Å². The van der Waals surface area contributed by atoms with E-state index in [0.29, 0.717) is 21.3 Å². The highest BCUT2D eigenvalue weighted by Crippen LogP contribution is 2.38. The molecule has 0 spiro atoms. The molecule has 1 heterocycles. The fourth-order valence-electron chi connectivity index (χ4n) is 2.95. The van der Waals surface area contributed by atoms with E-state index in [1.165, 1.54) is 11.8 Å². The molecule has 0 unspecified atom stereocenters. The number of thioether (sulfide) groups is 1. The first-order valence-electron chi connectivity index (χ1n) is 9.09. The molecular formula is C23H16BrClN2O2S. The molecule has 7 heteroatoms. The summed E-state index contributed by atoms with van der Waals surface area (Å²) in [6.45, 7) is 1.87. The van der Waals surface area contributed by atoms with Crippen LogP contribution in [0.5, 0.6) is 0 Å². The lowest BCUT2D eigenvalue weighted by molar-refractivity contribution is -0.120. The van der Waals surface area contributed by atoms with E-state index in [2.05, 4.69) is 21.2 Å². The smallest absolute Gasteiger partial charge is 0.283 e. The van der Waals surface area contributed by atoms with Gasteiger partial charge in [-0.3, -0.25) is 9.59 Å². The lowest BCUT2D eigenvalue weighted by atomic mass is 10.2. The number of hydrogen-bond donors (Lipinski definition) is 1. The standard InChI is InChI=1S/C23H16BrClN2O2S/c1-14-7-12-17(13-19(14)25)27-22(28)20(26-16-10-8-15(24)9-11-16)21(23(27)29)30-18-5-3-2-4-6-18/h2-13,26H,1H3. The molecule has 30 heavy (non-hydrogen) atoms. The minimum absolute atomic E-state index is 0.243. The van der Waals surface area contributed by atoms with Crippen LogP contribution in [0, 0.1) is 6.92 Å². The third-order valence-electron chi connectivity index (χ3n) is 4.53. The molecule has 0 bridgehead atoms. The van der Waals surface area contributed by atoms with Crippen molar-refractivity contribution in [2.24, 2.45) is 0 Å². The van der Waals surface area contributed by atoms with Crippen molar-refractivity contribution in [1.29, 1.82) is 0 Å². The molecule has 1 N–H and O–H groups in total. The van der Waals surface area contributed by atoms with Crippen LogP contribution < -0.4 is 10.2 Å². The highest BCUT2D eigenvalue weighted by molar-refractivity contribution is 9.10. The second-order valence-corrected chi connectivity index (χ2v) is 9.04. The molecule has 3 aromatic carbocycles. The van der Waals surface area contributed by atoms with Crippen molar-refractivity contribution < 1.29 is 9.59 Å². The Morgan fingerprint density at radius 2 is 1.63 bits per heavy atom. The second-order valence-electron chi connectivity index (χ2n) is 6.63. The summed E-state index contributed by atoms with van der Waals surface area (Å²) in [6, 6.07) is 22.1. The topological polar surface area (TPSA) is 49.4 Å². The lowest BCUT2D eigenvalue weighted by Crippen LogP contribution is -2.32. The summed E-state index contributed by atoms with van der Waals surface area (Å²) in [5, 5.41) is 3.64. The number of imide groups is 1. The maximum Gasteiger partial charge on any atom is 0.283 e. The highest BCUT2D eigenvalue weighted by atomic mass is 79.9. The zero-order chi connectivity index (χ0) is 21.3. The number of benzene rings is 3. The third kappa shape index (κ3) is 4.17. The van der Waals surface area contributed by atoms with Gasteiger partial charge in [0.15, 0.2) is 0 Å². The van der Waals surface area contributed by atoms with Crippen LogP contribution in [0.1, 0.15) is 5.56 Å². The van der Waals surface area contributed by atoms with Crippen LogP contribution in [0.15, 0.2) is 92.8 Å². The zero-order valence-electron chi connectivity index (χ0n) is 15.9. The van der Waals surface area contributed by atoms with Crippen LogP contribution in [-0.4, -0.2) is 11.8 Å². The van der Waals surface area contributed by atoms with Crippen LogP contribution in [-0.2, 0) is 9.59 Å². The Labute approximate surface area is 192 Å². The number of carbonyl (C=O) groups is 2. The number of rotatable bonds is 5. The van der Waals surface area contributed by atoms with Crippen molar-refractivity contribution in [2.45, 2.75) is 11.8 Å². The Balaban J connectivity index is 1.75. The number of nitrogens with zero attached hydrogens (tertiary/aromatic N) is 1. The molecule has 0 saturated heterocycles. The molecule has 1 aliphatic heterocycles. The van der Waals surface area contributed by atoms with Crippen molar-refractivity contribution in [1.82, 2.24) is 0 Å². The Morgan fingerprint density at radius 1 is 0.933 bits per heavy atom. The molecule has 0 fully saturated rings. The molecule has 1 aliphatic rings. The molecule has 0 aromatic heterocycles. The number of aryl methyl sites for hydroxylation is 1. The van der Waals surface area contributed by atoms with E-state index in [4.69, 9.17) is 11.6 Å². The van der Waals surface area contributed by atoms with Crippen LogP contribution in [0.25, 0.3) is 0 Å². The van der Waals surface area contributed by atoms with Gasteiger partial charge in [0.2, 0.25) is 0 Å². The fourth-order valence-corrected chi connectivity index (χ4v) is 4.34. The first-order valence-corrected chi connectivity index (χ1v) is 11.1. The van der Waals surface area contributed by atoms with E-state index < -0.39 is 5.91 Å². The predicted molar refractivity (Wildman–Crippen MR) is 126 cm³/mol. The number of amides is 2. The Morgan fingerprint density at radius 3 is 2.30 bits per heavy atom. The van der Waals surface area contributed by atoms with Crippen molar-refractivity contribution in [3.05, 3.63) is 98.5 Å². The number of halogens is 2. The minimum Gasteiger partial charge on any atom is -0.350 e. The van der Waals surface area contributed by atoms with E-state index in [-0.39, 0.29) is 11.6 Å². The predicted octanol–water partition coefficient (Wildman–Crippen LogP) is 6.40. The van der Waals surface area contributed by atoms with Gasteiger partial charge in [0.25, 0.3) is 11.8 Å². The van der Waals surface area contributed by atoms with Crippen LogP contribution in [0.4, 0.5) is 11.4 Å². The average molecular weight is 500 g/mol. The summed E-state index contributed by atoms with van der Waals surface area (Å²) >= 11 is 10.9. The quantitative estimate of drug-likeness (QED) is 0.413. The normalized spacial score (nSPS) is 13.9. The summed E-state index contributed by atoms with van der Waals surface area (Å²) in [5.74, 6) is -0.797. The largest absolute Gasteiger partial charge is 0.350 e. The Kier molecular flexibility index (Phi) is 5.99. The van der Waals surface area contributed by atoms with Crippen LogP contribution in [0.3, 0.4) is 0 Å². The van der Waals surface area contributed by atoms with Crippen molar-refractivity contribution in [2.75, 3.05) is 10.2 Å². The Hall–Kier alpha value is -2.54. The monoisotopic (exact) mass is 498 g/mol. The van der Waals surface area contributed by atoms with Crippen LogP contribution >= 0.6 is 39.3 Å². The van der Waals surface area contributed by atoms with Crippen molar-refractivity contribution in [3.63, 3.8) is 0 Å². The number of nitrogens with one attached hydrogen (secondary N) is 1. The van der Waals surface area contributed by atoms with Gasteiger partial charge in [-0.2, -0.15) is 0 Å². The molecule has 0 atom stereocenters. The number of hydrogen-bond acceptors (Lipinski definition) is 4. The van der Waals surface area contributed by atoms with Gasteiger partial charge >= 0.3 is 0 Å². The zero-order valence-corrected chi connectivity index (χ0v) is 19.0. The van der Waals surface area contributed by atoms with E-state index in [0.717, 1.165) is 19.8 Å². The second kappa shape index (κ2) is 8.68. The summed E-state index contributed by atoms with van der Waals surface area (Å²) in [7, 11) is 0. The third-order valence-corrected chi connectivity index (χ3v) is 6.56. The van der Waals surface area contributed by atoms with Gasteiger partial charge in [0.1, 0.15) is 10.6 Å².